The Labute approximate surface area is 147 Å². The highest BCUT2D eigenvalue weighted by molar-refractivity contribution is 5.73. The van der Waals surface area contributed by atoms with Gasteiger partial charge in [0, 0.05) is 61.7 Å². The van der Waals surface area contributed by atoms with Crippen molar-refractivity contribution in [1.29, 1.82) is 0 Å². The maximum atomic E-state index is 11.3. The van der Waals surface area contributed by atoms with E-state index in [1.165, 1.54) is 6.07 Å². The number of nitrogens with zero attached hydrogens (tertiary/aromatic N) is 2. The predicted molar refractivity (Wildman–Crippen MR) is 98.0 cm³/mol. The molecule has 2 aromatic rings. The molecule has 6 nitrogen and oxygen atoms in total. The third-order valence-electron chi connectivity index (χ3n) is 4.55. The highest BCUT2D eigenvalue weighted by Crippen LogP contribution is 2.31. The molecular formula is C19H23N3O3. The lowest BCUT2D eigenvalue weighted by Crippen LogP contribution is -2.53. The van der Waals surface area contributed by atoms with Crippen LogP contribution in [0.2, 0.25) is 0 Å². The number of anilines is 2. The standard InChI is InChI=1S/C19H23N3O3/c20-19(25)7-6-15-13-21(14-4-2-1-3-5-14)8-9-22(15)16-10-17(23)12-18(24)11-16/h1-5,10-12,15,23-24H,6-9,13H2,(H2,20,25). The molecule has 1 aliphatic rings. The van der Waals surface area contributed by atoms with E-state index in [0.717, 1.165) is 31.0 Å². The Hall–Kier alpha value is -2.89. The van der Waals surface area contributed by atoms with E-state index in [4.69, 9.17) is 5.73 Å². The van der Waals surface area contributed by atoms with Crippen LogP contribution in [-0.4, -0.2) is 41.8 Å². The Morgan fingerprint density at radius 3 is 2.36 bits per heavy atom. The molecule has 1 fully saturated rings. The zero-order valence-corrected chi connectivity index (χ0v) is 14.0. The Bertz CT molecular complexity index is 716. The molecule has 25 heavy (non-hydrogen) atoms. The molecule has 1 atom stereocenters. The molecule has 6 heteroatoms. The molecule has 1 heterocycles. The van der Waals surface area contributed by atoms with E-state index in [0.29, 0.717) is 12.8 Å². The molecule has 0 aliphatic carbocycles. The molecule has 1 amide bonds. The number of carbonyl (C=O) groups excluding carboxylic acids is 1. The number of hydrogen-bond donors (Lipinski definition) is 3. The van der Waals surface area contributed by atoms with Gasteiger partial charge < -0.3 is 25.7 Å². The average molecular weight is 341 g/mol. The summed E-state index contributed by atoms with van der Waals surface area (Å²) < 4.78 is 0. The summed E-state index contributed by atoms with van der Waals surface area (Å²) in [6, 6.07) is 14.8. The van der Waals surface area contributed by atoms with Gasteiger partial charge in [0.1, 0.15) is 11.5 Å². The number of nitrogens with two attached hydrogens (primary N) is 1. The van der Waals surface area contributed by atoms with Gasteiger partial charge in [-0.1, -0.05) is 18.2 Å². The highest BCUT2D eigenvalue weighted by Gasteiger charge is 2.28. The lowest BCUT2D eigenvalue weighted by atomic mass is 10.0. The Kier molecular flexibility index (Phi) is 4.97. The van der Waals surface area contributed by atoms with E-state index in [2.05, 4.69) is 21.9 Å². The van der Waals surface area contributed by atoms with Crippen LogP contribution in [0.25, 0.3) is 0 Å². The van der Waals surface area contributed by atoms with Crippen LogP contribution in [0.3, 0.4) is 0 Å². The molecule has 0 spiro atoms. The van der Waals surface area contributed by atoms with Gasteiger partial charge in [0.2, 0.25) is 5.91 Å². The Morgan fingerprint density at radius 2 is 1.72 bits per heavy atom. The van der Waals surface area contributed by atoms with Crippen molar-refractivity contribution in [2.75, 3.05) is 29.4 Å². The molecule has 2 aromatic carbocycles. The van der Waals surface area contributed by atoms with Gasteiger partial charge in [0.05, 0.1) is 0 Å². The lowest BCUT2D eigenvalue weighted by Gasteiger charge is -2.44. The minimum absolute atomic E-state index is 0.0224. The molecule has 0 radical (unpaired) electrons. The zero-order chi connectivity index (χ0) is 17.8. The fraction of sp³-hybridized carbons (Fsp3) is 0.316. The van der Waals surface area contributed by atoms with Crippen molar-refractivity contribution in [3.8, 4) is 11.5 Å². The van der Waals surface area contributed by atoms with Crippen molar-refractivity contribution >= 4 is 17.3 Å². The maximum Gasteiger partial charge on any atom is 0.217 e. The maximum absolute atomic E-state index is 11.3. The summed E-state index contributed by atoms with van der Waals surface area (Å²) in [6.45, 7) is 2.28. The summed E-state index contributed by atoms with van der Waals surface area (Å²) in [5.74, 6) is -0.279. The van der Waals surface area contributed by atoms with Gasteiger partial charge in [0.15, 0.2) is 0 Å². The molecule has 0 saturated carbocycles. The van der Waals surface area contributed by atoms with Crippen LogP contribution in [0.15, 0.2) is 48.5 Å². The normalized spacial score (nSPS) is 17.5. The number of piperazine rings is 1. The number of rotatable bonds is 5. The highest BCUT2D eigenvalue weighted by atomic mass is 16.3. The number of amides is 1. The number of benzene rings is 2. The van der Waals surface area contributed by atoms with Crippen LogP contribution in [0.1, 0.15) is 12.8 Å². The first kappa shape index (κ1) is 17.0. The van der Waals surface area contributed by atoms with Crippen molar-refractivity contribution < 1.29 is 15.0 Å². The summed E-state index contributed by atoms with van der Waals surface area (Å²) in [7, 11) is 0. The van der Waals surface area contributed by atoms with E-state index in [1.807, 2.05) is 18.2 Å². The van der Waals surface area contributed by atoms with Crippen LogP contribution in [0.4, 0.5) is 11.4 Å². The number of carbonyl (C=O) groups is 1. The number of phenolic OH excluding ortho intramolecular Hbond substituents is 2. The van der Waals surface area contributed by atoms with Crippen LogP contribution >= 0.6 is 0 Å². The molecule has 4 N–H and O–H groups in total. The first-order valence-corrected chi connectivity index (χ1v) is 8.41. The second kappa shape index (κ2) is 7.34. The van der Waals surface area contributed by atoms with Crippen LogP contribution in [0, 0.1) is 0 Å². The molecule has 3 rings (SSSR count). The Morgan fingerprint density at radius 1 is 1.04 bits per heavy atom. The second-order valence-electron chi connectivity index (χ2n) is 6.34. The van der Waals surface area contributed by atoms with Crippen LogP contribution in [0.5, 0.6) is 11.5 Å². The van der Waals surface area contributed by atoms with Gasteiger partial charge in [-0.25, -0.2) is 0 Å². The fourth-order valence-electron chi connectivity index (χ4n) is 3.37. The summed E-state index contributed by atoms with van der Waals surface area (Å²) in [5, 5.41) is 19.6. The molecule has 0 aromatic heterocycles. The molecule has 1 saturated heterocycles. The van der Waals surface area contributed by atoms with E-state index in [1.54, 1.807) is 12.1 Å². The van der Waals surface area contributed by atoms with E-state index >= 15 is 0 Å². The number of primary amides is 1. The second-order valence-corrected chi connectivity index (χ2v) is 6.34. The monoisotopic (exact) mass is 341 g/mol. The fourth-order valence-corrected chi connectivity index (χ4v) is 3.37. The van der Waals surface area contributed by atoms with E-state index in [-0.39, 0.29) is 23.4 Å². The molecule has 0 bridgehead atoms. The van der Waals surface area contributed by atoms with Crippen molar-refractivity contribution in [3.05, 3.63) is 48.5 Å². The zero-order valence-electron chi connectivity index (χ0n) is 14.0. The number of hydrogen-bond acceptors (Lipinski definition) is 5. The lowest BCUT2D eigenvalue weighted by molar-refractivity contribution is -0.118. The van der Waals surface area contributed by atoms with Gasteiger partial charge in [0.25, 0.3) is 0 Å². The minimum Gasteiger partial charge on any atom is -0.508 e. The minimum atomic E-state index is -0.324. The SMILES string of the molecule is NC(=O)CCC1CN(c2ccccc2)CCN1c1cc(O)cc(O)c1. The van der Waals surface area contributed by atoms with Gasteiger partial charge in [-0.2, -0.15) is 0 Å². The van der Waals surface area contributed by atoms with Gasteiger partial charge in [-0.15, -0.1) is 0 Å². The van der Waals surface area contributed by atoms with Crippen molar-refractivity contribution in [2.45, 2.75) is 18.9 Å². The first-order chi connectivity index (χ1) is 12.0. The summed E-state index contributed by atoms with van der Waals surface area (Å²) in [6.07, 6.45) is 0.920. The predicted octanol–water partition coefficient (Wildman–Crippen LogP) is 2.06. The topological polar surface area (TPSA) is 90.0 Å². The van der Waals surface area contributed by atoms with Crippen LogP contribution in [-0.2, 0) is 4.79 Å². The van der Waals surface area contributed by atoms with Gasteiger partial charge in [-0.05, 0) is 18.6 Å². The molecular weight excluding hydrogens is 318 g/mol. The molecule has 1 unspecified atom stereocenters. The smallest absolute Gasteiger partial charge is 0.217 e. The van der Waals surface area contributed by atoms with E-state index < -0.39 is 0 Å². The van der Waals surface area contributed by atoms with Crippen molar-refractivity contribution in [3.63, 3.8) is 0 Å². The first-order valence-electron chi connectivity index (χ1n) is 8.41. The quantitative estimate of drug-likeness (QED) is 0.774. The number of aromatic hydroxyl groups is 2. The molecule has 132 valence electrons. The number of phenols is 2. The third kappa shape index (κ3) is 4.15. The summed E-state index contributed by atoms with van der Waals surface area (Å²) >= 11 is 0. The van der Waals surface area contributed by atoms with Crippen molar-refractivity contribution in [1.82, 2.24) is 0 Å². The van der Waals surface area contributed by atoms with Gasteiger partial charge in [-0.3, -0.25) is 4.79 Å². The molecule has 1 aliphatic heterocycles. The summed E-state index contributed by atoms with van der Waals surface area (Å²) in [5.41, 5.74) is 7.23. The third-order valence-corrected chi connectivity index (χ3v) is 4.55. The average Bonchev–Trinajstić information content (AvgIpc) is 2.59. The van der Waals surface area contributed by atoms with E-state index in [9.17, 15) is 15.0 Å². The largest absolute Gasteiger partial charge is 0.508 e. The number of para-hydroxylation sites is 1. The van der Waals surface area contributed by atoms with Gasteiger partial charge >= 0.3 is 0 Å². The Balaban J connectivity index is 1.83. The van der Waals surface area contributed by atoms with Crippen LogP contribution < -0.4 is 15.5 Å². The summed E-state index contributed by atoms with van der Waals surface area (Å²) in [4.78, 5) is 15.7. The van der Waals surface area contributed by atoms with Crippen molar-refractivity contribution in [2.24, 2.45) is 5.73 Å².